The maximum Gasteiger partial charge on any atom is 0.338 e. The summed E-state index contributed by atoms with van der Waals surface area (Å²) < 4.78 is 37.6. The number of carbonyl (C=O) groups is 1. The highest BCUT2D eigenvalue weighted by Crippen LogP contribution is 2.38. The van der Waals surface area contributed by atoms with Crippen LogP contribution in [0.3, 0.4) is 0 Å². The van der Waals surface area contributed by atoms with E-state index in [1.54, 1.807) is 50.4 Å². The number of esters is 1. The average Bonchev–Trinajstić information content (AvgIpc) is 3.41. The monoisotopic (exact) mass is 650 g/mol. The van der Waals surface area contributed by atoms with Crippen molar-refractivity contribution in [2.24, 2.45) is 4.99 Å². The summed E-state index contributed by atoms with van der Waals surface area (Å²) in [5, 5.41) is 0. The van der Waals surface area contributed by atoms with Crippen molar-refractivity contribution in [2.75, 3.05) is 20.8 Å². The van der Waals surface area contributed by atoms with Crippen LogP contribution in [0.4, 0.5) is 4.39 Å². The number of hydrogen-bond acceptors (Lipinski definition) is 8. The summed E-state index contributed by atoms with van der Waals surface area (Å²) in [5.41, 5.74) is 3.34. The maximum absolute atomic E-state index is 14.2. The molecule has 0 spiro atoms. The van der Waals surface area contributed by atoms with E-state index >= 15 is 0 Å². The second-order valence-corrected chi connectivity index (χ2v) is 11.5. The molecule has 47 heavy (non-hydrogen) atoms. The number of rotatable bonds is 10. The Balaban J connectivity index is 1.46. The van der Waals surface area contributed by atoms with Gasteiger partial charge in [-0.05, 0) is 66.1 Å². The molecule has 0 N–H and O–H groups in total. The fraction of sp³-hybridized carbons (Fsp3) is 0.162. The molecule has 10 heteroatoms. The van der Waals surface area contributed by atoms with Gasteiger partial charge in [0.1, 0.15) is 18.2 Å². The van der Waals surface area contributed by atoms with Gasteiger partial charge in [-0.15, -0.1) is 0 Å². The number of halogens is 1. The first-order valence-corrected chi connectivity index (χ1v) is 15.7. The topological polar surface area (TPSA) is 88.4 Å². The first-order chi connectivity index (χ1) is 22.9. The summed E-state index contributed by atoms with van der Waals surface area (Å²) in [6.45, 7) is 2.18. The number of aromatic nitrogens is 1. The molecule has 0 unspecified atom stereocenters. The number of methoxy groups -OCH3 is 2. The highest BCUT2D eigenvalue weighted by atomic mass is 32.1. The van der Waals surface area contributed by atoms with Crippen LogP contribution in [0, 0.1) is 5.82 Å². The zero-order valence-electron chi connectivity index (χ0n) is 25.9. The Labute approximate surface area is 274 Å². The Morgan fingerprint density at radius 1 is 0.936 bits per heavy atom. The van der Waals surface area contributed by atoms with Gasteiger partial charge in [0.2, 0.25) is 0 Å². The molecule has 1 aliphatic heterocycles. The highest BCUT2D eigenvalue weighted by Gasteiger charge is 2.35. The molecular weight excluding hydrogens is 619 g/mol. The van der Waals surface area contributed by atoms with Crippen molar-refractivity contribution in [3.05, 3.63) is 150 Å². The summed E-state index contributed by atoms with van der Waals surface area (Å²) in [6.07, 6.45) is 1.79. The number of nitrogens with zero attached hydrogens (tertiary/aromatic N) is 2. The minimum atomic E-state index is -0.857. The first-order valence-electron chi connectivity index (χ1n) is 14.9. The van der Waals surface area contributed by atoms with Gasteiger partial charge in [0.15, 0.2) is 16.3 Å². The fourth-order valence-electron chi connectivity index (χ4n) is 5.34. The van der Waals surface area contributed by atoms with E-state index in [1.165, 1.54) is 35.1 Å². The van der Waals surface area contributed by atoms with Crippen molar-refractivity contribution in [3.8, 4) is 17.2 Å². The van der Waals surface area contributed by atoms with Crippen molar-refractivity contribution in [2.45, 2.75) is 19.6 Å². The van der Waals surface area contributed by atoms with E-state index in [0.717, 1.165) is 16.7 Å². The average molecular weight is 651 g/mol. The molecule has 1 aliphatic rings. The molecule has 0 amide bonds. The van der Waals surface area contributed by atoms with Crippen molar-refractivity contribution < 1.29 is 28.1 Å². The standard InChI is InChI=1S/C37H31FN2O6S/c1-4-45-36(42)32-33(25-8-6-5-7-9-25)39-37-40(34(32)26-14-19-29(43-2)30(21-26)44-3)35(41)31(47-37)20-23-12-17-28(18-13-23)46-22-24-10-15-27(38)16-11-24/h5-21,34H,4,22H2,1-3H3/b31-20-/t34-/m0/s1. The van der Waals surface area contributed by atoms with Crippen LogP contribution in [0.5, 0.6) is 17.2 Å². The minimum absolute atomic E-state index is 0.150. The number of hydrogen-bond donors (Lipinski definition) is 0. The Hall–Kier alpha value is -5.48. The molecule has 0 radical (unpaired) electrons. The van der Waals surface area contributed by atoms with Gasteiger partial charge in [-0.3, -0.25) is 9.36 Å². The van der Waals surface area contributed by atoms with E-state index < -0.39 is 12.0 Å². The number of fused-ring (bicyclic) bond motifs is 1. The molecular formula is C37H31FN2O6S. The lowest BCUT2D eigenvalue weighted by atomic mass is 9.93. The van der Waals surface area contributed by atoms with Crippen LogP contribution in [0.25, 0.3) is 11.8 Å². The van der Waals surface area contributed by atoms with Crippen LogP contribution in [0.2, 0.25) is 0 Å². The smallest absolute Gasteiger partial charge is 0.338 e. The predicted octanol–water partition coefficient (Wildman–Crippen LogP) is 5.67. The van der Waals surface area contributed by atoms with Crippen LogP contribution in [-0.4, -0.2) is 31.4 Å². The summed E-state index contributed by atoms with van der Waals surface area (Å²) >= 11 is 1.24. The predicted molar refractivity (Wildman–Crippen MR) is 178 cm³/mol. The van der Waals surface area contributed by atoms with Crippen LogP contribution in [0.1, 0.15) is 35.2 Å². The lowest BCUT2D eigenvalue weighted by molar-refractivity contribution is -0.138. The third-order valence-corrected chi connectivity index (χ3v) is 8.58. The number of carbonyl (C=O) groups excluding carboxylic acids is 1. The molecule has 0 aliphatic carbocycles. The van der Waals surface area contributed by atoms with E-state index in [-0.39, 0.29) is 23.6 Å². The van der Waals surface area contributed by atoms with E-state index in [1.807, 2.05) is 54.6 Å². The van der Waals surface area contributed by atoms with Crippen LogP contribution in [-0.2, 0) is 16.1 Å². The second kappa shape index (κ2) is 13.9. The van der Waals surface area contributed by atoms with Gasteiger partial charge < -0.3 is 18.9 Å². The molecule has 8 nitrogen and oxygen atoms in total. The Kier molecular flexibility index (Phi) is 9.30. The molecule has 238 valence electrons. The molecule has 5 aromatic rings. The normalized spacial score (nSPS) is 14.3. The van der Waals surface area contributed by atoms with Gasteiger partial charge >= 0.3 is 5.97 Å². The van der Waals surface area contributed by atoms with Crippen molar-refractivity contribution in [1.82, 2.24) is 4.57 Å². The molecule has 6 rings (SSSR count). The molecule has 0 fully saturated rings. The lowest BCUT2D eigenvalue weighted by Crippen LogP contribution is -2.40. The SMILES string of the molecule is CCOC(=O)C1=C(c2ccccc2)N=c2s/c(=C\c3ccc(OCc4ccc(F)cc4)cc3)c(=O)n2[C@H]1c1ccc(OC)c(OC)c1. The van der Waals surface area contributed by atoms with Crippen molar-refractivity contribution >= 4 is 29.1 Å². The zero-order valence-corrected chi connectivity index (χ0v) is 26.8. The molecule has 0 saturated carbocycles. The van der Waals surface area contributed by atoms with E-state index in [4.69, 9.17) is 23.9 Å². The molecule has 1 aromatic heterocycles. The van der Waals surface area contributed by atoms with Gasteiger partial charge in [-0.2, -0.15) is 0 Å². The van der Waals surface area contributed by atoms with Crippen molar-refractivity contribution in [3.63, 3.8) is 0 Å². The van der Waals surface area contributed by atoms with Gasteiger partial charge in [0.05, 0.1) is 42.7 Å². The van der Waals surface area contributed by atoms with Gasteiger partial charge in [-0.25, -0.2) is 14.2 Å². The summed E-state index contributed by atoms with van der Waals surface area (Å²) in [4.78, 5) is 33.2. The Bertz CT molecular complexity index is 2120. The highest BCUT2D eigenvalue weighted by molar-refractivity contribution is 7.07. The maximum atomic E-state index is 14.2. The largest absolute Gasteiger partial charge is 0.493 e. The van der Waals surface area contributed by atoms with Crippen LogP contribution in [0.15, 0.2) is 112 Å². The van der Waals surface area contributed by atoms with E-state index in [2.05, 4.69) is 0 Å². The number of thiazole rings is 1. The molecule has 0 saturated heterocycles. The quantitative estimate of drug-likeness (QED) is 0.181. The summed E-state index contributed by atoms with van der Waals surface area (Å²) in [7, 11) is 3.08. The lowest BCUT2D eigenvalue weighted by Gasteiger charge is -2.26. The molecule has 1 atom stereocenters. The first kappa shape index (κ1) is 31.5. The fourth-order valence-corrected chi connectivity index (χ4v) is 6.34. The van der Waals surface area contributed by atoms with E-state index in [9.17, 15) is 14.0 Å². The second-order valence-electron chi connectivity index (χ2n) is 10.5. The Morgan fingerprint density at radius 3 is 2.34 bits per heavy atom. The number of ether oxygens (including phenoxy) is 4. The van der Waals surface area contributed by atoms with Gasteiger partial charge in [-0.1, -0.05) is 72.0 Å². The number of benzene rings is 4. The van der Waals surface area contributed by atoms with Gasteiger partial charge in [0, 0.05) is 5.56 Å². The third-order valence-electron chi connectivity index (χ3n) is 7.59. The summed E-state index contributed by atoms with van der Waals surface area (Å²) in [6, 6.07) is 27.3. The minimum Gasteiger partial charge on any atom is -0.493 e. The van der Waals surface area contributed by atoms with Crippen molar-refractivity contribution in [1.29, 1.82) is 0 Å². The van der Waals surface area contributed by atoms with Crippen LogP contribution >= 0.6 is 11.3 Å². The van der Waals surface area contributed by atoms with E-state index in [0.29, 0.717) is 44.4 Å². The Morgan fingerprint density at radius 2 is 1.66 bits per heavy atom. The van der Waals surface area contributed by atoms with Gasteiger partial charge in [0.25, 0.3) is 5.56 Å². The third kappa shape index (κ3) is 6.59. The molecule has 0 bridgehead atoms. The molecule has 4 aromatic carbocycles. The van der Waals surface area contributed by atoms with Crippen LogP contribution < -0.4 is 29.1 Å². The molecule has 2 heterocycles. The zero-order chi connectivity index (χ0) is 32.9. The summed E-state index contributed by atoms with van der Waals surface area (Å²) in [5.74, 6) is 0.731.